The van der Waals surface area contributed by atoms with E-state index >= 15 is 0 Å². The minimum Gasteiger partial charge on any atom is -0.376 e. The maximum Gasteiger partial charge on any atom is 0.319 e. The third-order valence-electron chi connectivity index (χ3n) is 3.85. The fourth-order valence-electron chi connectivity index (χ4n) is 2.69. The largest absolute Gasteiger partial charge is 0.376 e. The third-order valence-corrected chi connectivity index (χ3v) is 4.12. The SMILES string of the molecule is O=C(NC1CCOC1C1CC1)c1ccnc(Cl)c1[N+](=O)[O-]. The van der Waals surface area contributed by atoms with Gasteiger partial charge in [0.1, 0.15) is 5.56 Å². The molecule has 112 valence electrons. The molecule has 2 fully saturated rings. The van der Waals surface area contributed by atoms with Gasteiger partial charge in [-0.25, -0.2) is 4.98 Å². The van der Waals surface area contributed by atoms with Crippen molar-refractivity contribution in [3.05, 3.63) is 33.1 Å². The molecule has 1 amide bonds. The second kappa shape index (κ2) is 5.57. The van der Waals surface area contributed by atoms with Gasteiger partial charge in [0.25, 0.3) is 5.91 Å². The monoisotopic (exact) mass is 311 g/mol. The van der Waals surface area contributed by atoms with Gasteiger partial charge in [-0.15, -0.1) is 0 Å². The highest BCUT2D eigenvalue weighted by molar-refractivity contribution is 6.32. The van der Waals surface area contributed by atoms with Crippen LogP contribution in [-0.4, -0.2) is 34.6 Å². The molecule has 1 aliphatic heterocycles. The Bertz CT molecular complexity index is 591. The first-order valence-electron chi connectivity index (χ1n) is 6.79. The van der Waals surface area contributed by atoms with Crippen molar-refractivity contribution in [3.63, 3.8) is 0 Å². The summed E-state index contributed by atoms with van der Waals surface area (Å²) in [7, 11) is 0. The molecule has 2 atom stereocenters. The molecule has 0 radical (unpaired) electrons. The van der Waals surface area contributed by atoms with Crippen LogP contribution >= 0.6 is 11.6 Å². The molecule has 1 saturated carbocycles. The number of halogens is 1. The molecule has 1 N–H and O–H groups in total. The predicted molar refractivity (Wildman–Crippen MR) is 74.2 cm³/mol. The average molecular weight is 312 g/mol. The molecule has 1 aliphatic carbocycles. The number of rotatable bonds is 4. The smallest absolute Gasteiger partial charge is 0.319 e. The van der Waals surface area contributed by atoms with E-state index in [1.807, 2.05) is 0 Å². The number of hydrogen-bond donors (Lipinski definition) is 1. The lowest BCUT2D eigenvalue weighted by Crippen LogP contribution is -2.41. The van der Waals surface area contributed by atoms with E-state index in [4.69, 9.17) is 16.3 Å². The van der Waals surface area contributed by atoms with Crippen LogP contribution in [0.1, 0.15) is 29.6 Å². The molecule has 7 nitrogen and oxygen atoms in total. The molecule has 1 aromatic rings. The summed E-state index contributed by atoms with van der Waals surface area (Å²) in [5, 5.41) is 13.6. The summed E-state index contributed by atoms with van der Waals surface area (Å²) in [6.45, 7) is 0.602. The number of pyridine rings is 1. The van der Waals surface area contributed by atoms with Crippen molar-refractivity contribution < 1.29 is 14.5 Å². The van der Waals surface area contributed by atoms with E-state index in [1.165, 1.54) is 12.3 Å². The number of amides is 1. The molecular formula is C13H14ClN3O4. The van der Waals surface area contributed by atoms with E-state index in [0.29, 0.717) is 12.5 Å². The number of nitro groups is 1. The summed E-state index contributed by atoms with van der Waals surface area (Å²) < 4.78 is 5.64. The first-order chi connectivity index (χ1) is 10.1. The number of aromatic nitrogens is 1. The van der Waals surface area contributed by atoms with Crippen molar-refractivity contribution in [1.29, 1.82) is 0 Å². The summed E-state index contributed by atoms with van der Waals surface area (Å²) in [4.78, 5) is 26.3. The lowest BCUT2D eigenvalue weighted by Gasteiger charge is -2.19. The fraction of sp³-hybridized carbons (Fsp3) is 0.538. The predicted octanol–water partition coefficient (Wildman–Crippen LogP) is 1.94. The lowest BCUT2D eigenvalue weighted by atomic mass is 10.1. The zero-order chi connectivity index (χ0) is 15.0. The minimum atomic E-state index is -0.687. The number of hydrogen-bond acceptors (Lipinski definition) is 5. The standard InChI is InChI=1S/C13H14ClN3O4/c14-12-10(17(19)20)8(3-5-15-12)13(18)16-9-4-6-21-11(9)7-1-2-7/h3,5,7,9,11H,1-2,4,6H2,(H,16,18). The molecule has 2 heterocycles. The molecule has 2 unspecified atom stereocenters. The summed E-state index contributed by atoms with van der Waals surface area (Å²) in [6.07, 6.45) is 4.24. The Hall–Kier alpha value is -1.73. The van der Waals surface area contributed by atoms with Crippen molar-refractivity contribution in [2.75, 3.05) is 6.61 Å². The van der Waals surface area contributed by atoms with Gasteiger partial charge in [0.15, 0.2) is 0 Å². The van der Waals surface area contributed by atoms with Crippen molar-refractivity contribution in [2.45, 2.75) is 31.4 Å². The van der Waals surface area contributed by atoms with Crippen molar-refractivity contribution in [2.24, 2.45) is 5.92 Å². The molecule has 3 rings (SSSR count). The van der Waals surface area contributed by atoms with Gasteiger partial charge in [-0.2, -0.15) is 0 Å². The summed E-state index contributed by atoms with van der Waals surface area (Å²) >= 11 is 5.72. The second-order valence-electron chi connectivity index (χ2n) is 5.30. The van der Waals surface area contributed by atoms with Gasteiger partial charge < -0.3 is 10.1 Å². The van der Waals surface area contributed by atoms with Crippen molar-refractivity contribution in [1.82, 2.24) is 10.3 Å². The Morgan fingerprint density at radius 3 is 2.90 bits per heavy atom. The Kier molecular flexibility index (Phi) is 3.77. The summed E-state index contributed by atoms with van der Waals surface area (Å²) in [5.74, 6) is -0.0130. The van der Waals surface area contributed by atoms with Gasteiger partial charge in [0.05, 0.1) is 17.1 Å². The van der Waals surface area contributed by atoms with Crippen LogP contribution in [0, 0.1) is 16.0 Å². The van der Waals surface area contributed by atoms with Gasteiger partial charge in [-0.05, 0) is 31.2 Å². The molecule has 2 aliphatic rings. The topological polar surface area (TPSA) is 94.4 Å². The number of nitrogens with one attached hydrogen (secondary N) is 1. The van der Waals surface area contributed by atoms with Crippen molar-refractivity contribution in [3.8, 4) is 0 Å². The Morgan fingerprint density at radius 1 is 1.48 bits per heavy atom. The van der Waals surface area contributed by atoms with E-state index in [-0.39, 0.29) is 22.9 Å². The average Bonchev–Trinajstić information content (AvgIpc) is 3.18. The molecule has 8 heteroatoms. The Labute approximate surface area is 125 Å². The number of nitrogens with zero attached hydrogens (tertiary/aromatic N) is 2. The van der Waals surface area contributed by atoms with Gasteiger partial charge in [0, 0.05) is 12.8 Å². The van der Waals surface area contributed by atoms with Crippen LogP contribution in [0.3, 0.4) is 0 Å². The Morgan fingerprint density at radius 2 is 2.24 bits per heavy atom. The van der Waals surface area contributed by atoms with E-state index in [2.05, 4.69) is 10.3 Å². The molecule has 0 bridgehead atoms. The molecular weight excluding hydrogens is 298 g/mol. The number of carbonyl (C=O) groups excluding carboxylic acids is 1. The maximum atomic E-state index is 12.3. The molecule has 21 heavy (non-hydrogen) atoms. The first kappa shape index (κ1) is 14.2. The van der Waals surface area contributed by atoms with Gasteiger partial charge in [0.2, 0.25) is 5.15 Å². The van der Waals surface area contributed by atoms with Crippen LogP contribution < -0.4 is 5.32 Å². The highest BCUT2D eigenvalue weighted by atomic mass is 35.5. The van der Waals surface area contributed by atoms with Gasteiger partial charge >= 0.3 is 5.69 Å². The van der Waals surface area contributed by atoms with Crippen LogP contribution in [-0.2, 0) is 4.74 Å². The van der Waals surface area contributed by atoms with Crippen LogP contribution in [0.5, 0.6) is 0 Å². The molecule has 0 spiro atoms. The molecule has 1 aromatic heterocycles. The minimum absolute atomic E-state index is 0.0188. The Balaban J connectivity index is 1.79. The van der Waals surface area contributed by atoms with Crippen LogP contribution in [0.2, 0.25) is 5.15 Å². The van der Waals surface area contributed by atoms with Crippen LogP contribution in [0.15, 0.2) is 12.3 Å². The highest BCUT2D eigenvalue weighted by Gasteiger charge is 2.41. The van der Waals surface area contributed by atoms with E-state index in [9.17, 15) is 14.9 Å². The quantitative estimate of drug-likeness (QED) is 0.521. The van der Waals surface area contributed by atoms with Gasteiger partial charge in [-0.1, -0.05) is 11.6 Å². The third kappa shape index (κ3) is 2.84. The van der Waals surface area contributed by atoms with Crippen molar-refractivity contribution >= 4 is 23.2 Å². The second-order valence-corrected chi connectivity index (χ2v) is 5.65. The van der Waals surface area contributed by atoms with Crippen LogP contribution in [0.25, 0.3) is 0 Å². The zero-order valence-electron chi connectivity index (χ0n) is 11.1. The van der Waals surface area contributed by atoms with E-state index in [1.54, 1.807) is 0 Å². The number of ether oxygens (including phenoxy) is 1. The molecule has 1 saturated heterocycles. The molecule has 0 aromatic carbocycles. The van der Waals surface area contributed by atoms with Gasteiger partial charge in [-0.3, -0.25) is 14.9 Å². The normalized spacial score (nSPS) is 24.8. The zero-order valence-corrected chi connectivity index (χ0v) is 11.9. The van der Waals surface area contributed by atoms with E-state index < -0.39 is 16.5 Å². The maximum absolute atomic E-state index is 12.3. The van der Waals surface area contributed by atoms with E-state index in [0.717, 1.165) is 19.3 Å². The fourth-order valence-corrected chi connectivity index (χ4v) is 2.91. The summed E-state index contributed by atoms with van der Waals surface area (Å²) in [6, 6.07) is 1.21. The lowest BCUT2D eigenvalue weighted by molar-refractivity contribution is -0.385. The first-order valence-corrected chi connectivity index (χ1v) is 7.17. The van der Waals surface area contributed by atoms with Crippen LogP contribution in [0.4, 0.5) is 5.69 Å². The summed E-state index contributed by atoms with van der Waals surface area (Å²) in [5.41, 5.74) is -0.528. The number of carbonyl (C=O) groups is 1. The highest BCUT2D eigenvalue weighted by Crippen LogP contribution is 2.39.